The van der Waals surface area contributed by atoms with Crippen LogP contribution in [0.15, 0.2) is 79.1 Å². The van der Waals surface area contributed by atoms with Gasteiger partial charge in [0, 0.05) is 90.9 Å². The number of pyridine rings is 2. The van der Waals surface area contributed by atoms with Crippen molar-refractivity contribution >= 4 is 33.4 Å². The number of likely N-dealkylation sites (tertiary alicyclic amines) is 1. The number of hydrogen-bond acceptors (Lipinski definition) is 8. The number of rotatable bonds is 6. The lowest BCUT2D eigenvalue weighted by atomic mass is 9.73. The molecule has 3 unspecified atom stereocenters. The quantitative estimate of drug-likeness (QED) is 0.243. The second-order valence-electron chi connectivity index (χ2n) is 14.4. The molecule has 2 N–H and O–H groups in total. The molecule has 10 nitrogen and oxygen atoms in total. The standard InChI is InChI=1S/C38H42N10/c1-45(2)27-13-17-47(21-27)33-19-26(12-15-39-33)36-30-9-6-8-28(37(30)44-43-36)31-22-46(3)23-38(31)14-18-48(24-38)34-20-25(11-16-40-34)35-29-7-4-5-10-32(29)41-42-35/h4-12,15-16,19-20,27,31H,13-14,17-18,21-24H2,1-3H3,(H,41,42)(H,43,44). The molecule has 3 atom stereocenters. The van der Waals surface area contributed by atoms with Crippen molar-refractivity contribution < 1.29 is 0 Å². The van der Waals surface area contributed by atoms with Gasteiger partial charge in [-0.1, -0.05) is 36.4 Å². The van der Waals surface area contributed by atoms with E-state index in [1.807, 2.05) is 18.5 Å². The van der Waals surface area contributed by atoms with Gasteiger partial charge in [-0.2, -0.15) is 10.2 Å². The number of nitrogens with one attached hydrogen (secondary N) is 2. The molecule has 0 saturated carbocycles. The molecule has 10 heteroatoms. The van der Waals surface area contributed by atoms with Crippen molar-refractivity contribution in [3.8, 4) is 22.5 Å². The molecule has 0 amide bonds. The van der Waals surface area contributed by atoms with Gasteiger partial charge in [-0.3, -0.25) is 10.2 Å². The van der Waals surface area contributed by atoms with E-state index in [1.165, 1.54) is 10.9 Å². The monoisotopic (exact) mass is 638 g/mol. The van der Waals surface area contributed by atoms with E-state index < -0.39 is 0 Å². The number of aromatic amines is 2. The van der Waals surface area contributed by atoms with Crippen LogP contribution in [0.3, 0.4) is 0 Å². The van der Waals surface area contributed by atoms with E-state index in [0.29, 0.717) is 12.0 Å². The van der Waals surface area contributed by atoms with Crippen LogP contribution < -0.4 is 9.80 Å². The lowest BCUT2D eigenvalue weighted by Gasteiger charge is -2.31. The molecular weight excluding hydrogens is 596 g/mol. The molecule has 3 aliphatic rings. The third kappa shape index (κ3) is 4.85. The van der Waals surface area contributed by atoms with Gasteiger partial charge >= 0.3 is 0 Å². The van der Waals surface area contributed by atoms with Crippen LogP contribution >= 0.6 is 0 Å². The van der Waals surface area contributed by atoms with Crippen LogP contribution in [-0.4, -0.2) is 107 Å². The van der Waals surface area contributed by atoms with Gasteiger partial charge in [0.1, 0.15) is 17.3 Å². The Morgan fingerprint density at radius 3 is 2.44 bits per heavy atom. The predicted molar refractivity (Wildman–Crippen MR) is 192 cm³/mol. The smallest absolute Gasteiger partial charge is 0.129 e. The number of para-hydroxylation sites is 2. The van der Waals surface area contributed by atoms with Crippen molar-refractivity contribution in [2.24, 2.45) is 5.41 Å². The molecule has 3 saturated heterocycles. The van der Waals surface area contributed by atoms with Gasteiger partial charge in [0.05, 0.1) is 16.7 Å². The first-order valence-corrected chi connectivity index (χ1v) is 17.1. The Morgan fingerprint density at radius 2 is 1.58 bits per heavy atom. The maximum Gasteiger partial charge on any atom is 0.129 e. The first-order valence-electron chi connectivity index (χ1n) is 17.1. The van der Waals surface area contributed by atoms with Gasteiger partial charge in [0.15, 0.2) is 0 Å². The van der Waals surface area contributed by atoms with E-state index in [-0.39, 0.29) is 5.41 Å². The summed E-state index contributed by atoms with van der Waals surface area (Å²) in [5, 5.41) is 18.6. The largest absolute Gasteiger partial charge is 0.356 e. The van der Waals surface area contributed by atoms with E-state index in [4.69, 9.17) is 15.1 Å². The van der Waals surface area contributed by atoms with Crippen LogP contribution in [0.25, 0.3) is 44.3 Å². The molecule has 7 heterocycles. The molecule has 2 aromatic carbocycles. The molecule has 48 heavy (non-hydrogen) atoms. The topological polar surface area (TPSA) is 96.1 Å². The number of H-pyrrole nitrogens is 2. The summed E-state index contributed by atoms with van der Waals surface area (Å²) in [4.78, 5) is 19.3. The number of fused-ring (bicyclic) bond motifs is 2. The number of likely N-dealkylation sites (N-methyl/N-ethyl adjacent to an activating group) is 2. The number of aromatic nitrogens is 6. The zero-order chi connectivity index (χ0) is 32.4. The minimum absolute atomic E-state index is 0.113. The Kier molecular flexibility index (Phi) is 6.98. The average Bonchev–Trinajstić information content (AvgIpc) is 3.95. The van der Waals surface area contributed by atoms with Crippen LogP contribution in [0.4, 0.5) is 11.6 Å². The summed E-state index contributed by atoms with van der Waals surface area (Å²) in [6.07, 6.45) is 6.14. The molecule has 9 rings (SSSR count). The summed E-state index contributed by atoms with van der Waals surface area (Å²) < 4.78 is 0. The number of nitrogens with zero attached hydrogens (tertiary/aromatic N) is 8. The van der Waals surface area contributed by atoms with Crippen LogP contribution in [-0.2, 0) is 0 Å². The van der Waals surface area contributed by atoms with Gasteiger partial charge in [0.2, 0.25) is 0 Å². The Hall–Kier alpha value is -4.80. The minimum atomic E-state index is 0.113. The average molecular weight is 639 g/mol. The summed E-state index contributed by atoms with van der Waals surface area (Å²) in [6.45, 7) is 6.05. The molecule has 0 aliphatic carbocycles. The second kappa shape index (κ2) is 11.4. The third-order valence-electron chi connectivity index (χ3n) is 11.3. The van der Waals surface area contributed by atoms with Crippen LogP contribution in [0.5, 0.6) is 0 Å². The SMILES string of the molecule is CN1CC(c2cccc3c(-c4ccnc(N5CCC(N(C)C)C5)c4)[nH]nc23)C2(CCN(c3cc(-c4n[nH]c5ccccc45)ccn3)C2)C1. The van der Waals surface area contributed by atoms with Crippen molar-refractivity contribution in [2.45, 2.75) is 24.8 Å². The van der Waals surface area contributed by atoms with Gasteiger partial charge in [0.25, 0.3) is 0 Å². The fourth-order valence-corrected chi connectivity index (χ4v) is 8.75. The van der Waals surface area contributed by atoms with Crippen LogP contribution in [0, 0.1) is 5.41 Å². The maximum atomic E-state index is 5.00. The lowest BCUT2D eigenvalue weighted by Crippen LogP contribution is -2.33. The highest BCUT2D eigenvalue weighted by atomic mass is 15.3. The Bertz CT molecular complexity index is 2120. The zero-order valence-corrected chi connectivity index (χ0v) is 27.9. The highest BCUT2D eigenvalue weighted by molar-refractivity contribution is 5.95. The third-order valence-corrected chi connectivity index (χ3v) is 11.3. The molecule has 4 aromatic heterocycles. The van der Waals surface area contributed by atoms with E-state index >= 15 is 0 Å². The van der Waals surface area contributed by atoms with Crippen molar-refractivity contribution in [3.63, 3.8) is 0 Å². The molecular formula is C38H42N10. The molecule has 244 valence electrons. The first kappa shape index (κ1) is 29.3. The summed E-state index contributed by atoms with van der Waals surface area (Å²) >= 11 is 0. The van der Waals surface area contributed by atoms with Gasteiger partial charge < -0.3 is 19.6 Å². The van der Waals surface area contributed by atoms with Gasteiger partial charge in [-0.25, -0.2) is 9.97 Å². The predicted octanol–water partition coefficient (Wildman–Crippen LogP) is 5.63. The molecule has 3 fully saturated rings. The van der Waals surface area contributed by atoms with E-state index in [1.54, 1.807) is 0 Å². The van der Waals surface area contributed by atoms with Gasteiger partial charge in [-0.15, -0.1) is 0 Å². The van der Waals surface area contributed by atoms with Gasteiger partial charge in [-0.05, 0) is 69.9 Å². The Labute approximate surface area is 280 Å². The van der Waals surface area contributed by atoms with Crippen LogP contribution in [0.2, 0.25) is 0 Å². The van der Waals surface area contributed by atoms with Crippen molar-refractivity contribution in [1.29, 1.82) is 0 Å². The molecule has 3 aliphatic heterocycles. The number of anilines is 2. The van der Waals surface area contributed by atoms with E-state index in [9.17, 15) is 0 Å². The summed E-state index contributed by atoms with van der Waals surface area (Å²) in [7, 11) is 6.60. The number of hydrogen-bond donors (Lipinski definition) is 2. The van der Waals surface area contributed by atoms with Crippen molar-refractivity contribution in [1.82, 2.24) is 40.2 Å². The molecule has 6 aromatic rings. The summed E-state index contributed by atoms with van der Waals surface area (Å²) in [5.74, 6) is 2.43. The molecule has 0 radical (unpaired) electrons. The lowest BCUT2D eigenvalue weighted by molar-refractivity contribution is 0.295. The fourth-order valence-electron chi connectivity index (χ4n) is 8.75. The Balaban J connectivity index is 1.01. The summed E-state index contributed by atoms with van der Waals surface area (Å²) in [5.41, 5.74) is 7.86. The highest BCUT2D eigenvalue weighted by Crippen LogP contribution is 2.51. The molecule has 1 spiro atoms. The van der Waals surface area contributed by atoms with Crippen molar-refractivity contribution in [2.75, 3.05) is 70.2 Å². The number of benzene rings is 2. The second-order valence-corrected chi connectivity index (χ2v) is 14.4. The summed E-state index contributed by atoms with van der Waals surface area (Å²) in [6, 6.07) is 24.2. The fraction of sp³-hybridized carbons (Fsp3) is 0.368. The van der Waals surface area contributed by atoms with E-state index in [2.05, 4.69) is 117 Å². The minimum Gasteiger partial charge on any atom is -0.356 e. The van der Waals surface area contributed by atoms with E-state index in [0.717, 1.165) is 103 Å². The highest BCUT2D eigenvalue weighted by Gasteiger charge is 2.51. The zero-order valence-electron chi connectivity index (χ0n) is 27.9. The van der Waals surface area contributed by atoms with Crippen LogP contribution in [0.1, 0.15) is 24.3 Å². The normalized spacial score (nSPS) is 23.2. The first-order chi connectivity index (χ1) is 23.5. The Morgan fingerprint density at radius 1 is 0.792 bits per heavy atom. The maximum absolute atomic E-state index is 5.00. The van der Waals surface area contributed by atoms with Crippen molar-refractivity contribution in [3.05, 3.63) is 84.7 Å². The molecule has 0 bridgehead atoms.